The van der Waals surface area contributed by atoms with Crippen molar-refractivity contribution in [2.24, 2.45) is 0 Å². The zero-order valence-corrected chi connectivity index (χ0v) is 16.3. The first-order valence-corrected chi connectivity index (χ1v) is 10.3. The number of hydrogen-bond donors (Lipinski definition) is 2. The van der Waals surface area contributed by atoms with Crippen molar-refractivity contribution in [2.45, 2.75) is 19.9 Å². The van der Waals surface area contributed by atoms with E-state index in [1.165, 1.54) is 18.2 Å². The smallest absolute Gasteiger partial charge is 0.251 e. The number of rotatable bonds is 7. The number of hydrogen-bond acceptors (Lipinski definition) is 4. The van der Waals surface area contributed by atoms with Gasteiger partial charge in [-0.25, -0.2) is 8.42 Å². The zero-order valence-electron chi connectivity index (χ0n) is 14.7. The Bertz CT molecular complexity index is 883. The molecule has 8 heteroatoms. The largest absolute Gasteiger partial charge is 0.494 e. The van der Waals surface area contributed by atoms with E-state index in [9.17, 15) is 13.2 Å². The van der Waals surface area contributed by atoms with Gasteiger partial charge in [-0.05, 0) is 49.7 Å². The van der Waals surface area contributed by atoms with Crippen LogP contribution >= 0.6 is 11.6 Å². The summed E-state index contributed by atoms with van der Waals surface area (Å²) in [7, 11) is -3.44. The van der Waals surface area contributed by atoms with Gasteiger partial charge >= 0.3 is 0 Å². The quantitative estimate of drug-likeness (QED) is 0.748. The Morgan fingerprint density at radius 3 is 2.38 bits per heavy atom. The lowest BCUT2D eigenvalue weighted by Crippen LogP contribution is -2.26. The summed E-state index contributed by atoms with van der Waals surface area (Å²) in [4.78, 5) is 12.4. The molecule has 0 radical (unpaired) electrons. The summed E-state index contributed by atoms with van der Waals surface area (Å²) in [5.74, 6) is 0.467. The SMILES string of the molecule is CCOc1ccc([C@@H](C)NC(=O)c2ccc(NS(C)(=O)=O)c(Cl)c2)cc1. The Balaban J connectivity index is 2.08. The molecule has 0 bridgehead atoms. The first kappa shape index (κ1) is 20.1. The Morgan fingerprint density at radius 1 is 1.19 bits per heavy atom. The van der Waals surface area contributed by atoms with Crippen LogP contribution in [0.4, 0.5) is 5.69 Å². The predicted octanol–water partition coefficient (Wildman–Crippen LogP) is 3.60. The van der Waals surface area contributed by atoms with E-state index in [1.54, 1.807) is 0 Å². The highest BCUT2D eigenvalue weighted by molar-refractivity contribution is 7.92. The zero-order chi connectivity index (χ0) is 19.3. The van der Waals surface area contributed by atoms with Gasteiger partial charge in [0.2, 0.25) is 10.0 Å². The number of benzene rings is 2. The highest BCUT2D eigenvalue weighted by Crippen LogP contribution is 2.24. The summed E-state index contributed by atoms with van der Waals surface area (Å²) in [5.41, 5.74) is 1.50. The lowest BCUT2D eigenvalue weighted by atomic mass is 10.1. The lowest BCUT2D eigenvalue weighted by molar-refractivity contribution is 0.0940. The molecule has 2 N–H and O–H groups in total. The van der Waals surface area contributed by atoms with Crippen LogP contribution in [0.15, 0.2) is 42.5 Å². The second kappa shape index (κ2) is 8.42. The van der Waals surface area contributed by atoms with Crippen LogP contribution in [0.5, 0.6) is 5.75 Å². The Labute approximate surface area is 158 Å². The van der Waals surface area contributed by atoms with Gasteiger partial charge in [0.05, 0.1) is 29.6 Å². The normalized spacial score (nSPS) is 12.3. The Hall–Kier alpha value is -2.25. The molecule has 0 unspecified atom stereocenters. The fraction of sp³-hybridized carbons (Fsp3) is 0.278. The standard InChI is InChI=1S/C18H21ClN2O4S/c1-4-25-15-8-5-13(6-9-15)12(2)20-18(22)14-7-10-17(16(19)11-14)21-26(3,23)24/h5-12,21H,4H2,1-3H3,(H,20,22)/t12-/m1/s1. The number of halogens is 1. The molecule has 2 rings (SSSR count). The molecule has 0 aromatic heterocycles. The summed E-state index contributed by atoms with van der Waals surface area (Å²) in [6.07, 6.45) is 1.03. The van der Waals surface area contributed by atoms with Gasteiger partial charge in [0.1, 0.15) is 5.75 Å². The van der Waals surface area contributed by atoms with E-state index in [0.717, 1.165) is 17.6 Å². The van der Waals surface area contributed by atoms with Gasteiger partial charge in [-0.2, -0.15) is 0 Å². The molecule has 0 spiro atoms. The molecule has 0 fully saturated rings. The van der Waals surface area contributed by atoms with Crippen LogP contribution in [-0.4, -0.2) is 27.2 Å². The van der Waals surface area contributed by atoms with Crippen molar-refractivity contribution in [3.05, 3.63) is 58.6 Å². The summed E-state index contributed by atoms with van der Waals surface area (Å²) in [5, 5.41) is 3.03. The predicted molar refractivity (Wildman–Crippen MR) is 103 cm³/mol. The molecule has 2 aromatic rings. The maximum absolute atomic E-state index is 12.4. The van der Waals surface area contributed by atoms with Crippen molar-refractivity contribution in [3.63, 3.8) is 0 Å². The van der Waals surface area contributed by atoms with Crippen LogP contribution in [0.3, 0.4) is 0 Å². The molecule has 2 aromatic carbocycles. The highest BCUT2D eigenvalue weighted by atomic mass is 35.5. The molecule has 26 heavy (non-hydrogen) atoms. The number of ether oxygens (including phenoxy) is 1. The number of nitrogens with one attached hydrogen (secondary N) is 2. The molecule has 6 nitrogen and oxygen atoms in total. The summed E-state index contributed by atoms with van der Waals surface area (Å²) >= 11 is 6.06. The van der Waals surface area contributed by atoms with Crippen LogP contribution in [0, 0.1) is 0 Å². The second-order valence-electron chi connectivity index (χ2n) is 5.77. The molecule has 0 aliphatic rings. The van der Waals surface area contributed by atoms with E-state index in [0.29, 0.717) is 12.2 Å². The van der Waals surface area contributed by atoms with Gasteiger partial charge in [0.15, 0.2) is 0 Å². The van der Waals surface area contributed by atoms with Crippen molar-refractivity contribution >= 4 is 33.2 Å². The number of carbonyl (C=O) groups excluding carboxylic acids is 1. The van der Waals surface area contributed by atoms with E-state index in [1.807, 2.05) is 38.1 Å². The van der Waals surface area contributed by atoms with E-state index in [2.05, 4.69) is 10.0 Å². The van der Waals surface area contributed by atoms with Crippen molar-refractivity contribution in [1.82, 2.24) is 5.32 Å². The van der Waals surface area contributed by atoms with Crippen LogP contribution in [-0.2, 0) is 10.0 Å². The molecular formula is C18H21ClN2O4S. The van der Waals surface area contributed by atoms with Gasteiger partial charge < -0.3 is 10.1 Å². The molecule has 140 valence electrons. The molecule has 0 saturated carbocycles. The van der Waals surface area contributed by atoms with Crippen molar-refractivity contribution in [2.75, 3.05) is 17.6 Å². The molecule has 0 heterocycles. The minimum atomic E-state index is -3.44. The number of anilines is 1. The van der Waals surface area contributed by atoms with Gasteiger partial charge in [-0.3, -0.25) is 9.52 Å². The van der Waals surface area contributed by atoms with Crippen molar-refractivity contribution in [3.8, 4) is 5.75 Å². The number of amides is 1. The number of carbonyl (C=O) groups is 1. The van der Waals surface area contributed by atoms with Crippen LogP contribution in [0.2, 0.25) is 5.02 Å². The fourth-order valence-corrected chi connectivity index (χ4v) is 3.18. The number of sulfonamides is 1. The monoisotopic (exact) mass is 396 g/mol. The average Bonchev–Trinajstić information content (AvgIpc) is 2.56. The summed E-state index contributed by atoms with van der Waals surface area (Å²) in [6, 6.07) is 11.7. The van der Waals surface area contributed by atoms with Gasteiger partial charge in [-0.1, -0.05) is 23.7 Å². The lowest BCUT2D eigenvalue weighted by Gasteiger charge is -2.15. The first-order valence-electron chi connectivity index (χ1n) is 8.00. The van der Waals surface area contributed by atoms with Gasteiger partial charge in [-0.15, -0.1) is 0 Å². The Morgan fingerprint density at radius 2 is 1.85 bits per heavy atom. The molecule has 1 amide bonds. The van der Waals surface area contributed by atoms with E-state index in [-0.39, 0.29) is 22.7 Å². The van der Waals surface area contributed by atoms with Crippen LogP contribution in [0.25, 0.3) is 0 Å². The third-order valence-corrected chi connectivity index (χ3v) is 4.47. The van der Waals surface area contributed by atoms with Crippen molar-refractivity contribution in [1.29, 1.82) is 0 Å². The van der Waals surface area contributed by atoms with Crippen LogP contribution < -0.4 is 14.8 Å². The maximum Gasteiger partial charge on any atom is 0.251 e. The molecule has 0 saturated heterocycles. The molecule has 0 aliphatic heterocycles. The Kier molecular flexibility index (Phi) is 6.50. The van der Waals surface area contributed by atoms with Gasteiger partial charge in [0, 0.05) is 5.56 Å². The van der Waals surface area contributed by atoms with Gasteiger partial charge in [0.25, 0.3) is 5.91 Å². The van der Waals surface area contributed by atoms with E-state index in [4.69, 9.17) is 16.3 Å². The molecule has 1 atom stereocenters. The minimum Gasteiger partial charge on any atom is -0.494 e. The molecule has 0 aliphatic carbocycles. The third kappa shape index (κ3) is 5.64. The van der Waals surface area contributed by atoms with E-state index < -0.39 is 10.0 Å². The topological polar surface area (TPSA) is 84.5 Å². The van der Waals surface area contributed by atoms with Crippen molar-refractivity contribution < 1.29 is 17.9 Å². The maximum atomic E-state index is 12.4. The summed E-state index contributed by atoms with van der Waals surface area (Å²) < 4.78 is 30.3. The second-order valence-corrected chi connectivity index (χ2v) is 7.92. The van der Waals surface area contributed by atoms with Crippen LogP contribution in [0.1, 0.15) is 35.8 Å². The highest BCUT2D eigenvalue weighted by Gasteiger charge is 2.14. The molecular weight excluding hydrogens is 376 g/mol. The average molecular weight is 397 g/mol. The summed E-state index contributed by atoms with van der Waals surface area (Å²) in [6.45, 7) is 4.38. The van der Waals surface area contributed by atoms with E-state index >= 15 is 0 Å². The third-order valence-electron chi connectivity index (χ3n) is 3.57. The first-order chi connectivity index (χ1) is 12.2. The fourth-order valence-electron chi connectivity index (χ4n) is 2.32. The minimum absolute atomic E-state index is 0.150.